The van der Waals surface area contributed by atoms with Gasteiger partial charge >= 0.3 is 0 Å². The Bertz CT molecular complexity index is 408. The highest BCUT2D eigenvalue weighted by atomic mass is 16.5. The van der Waals surface area contributed by atoms with Crippen LogP contribution in [0, 0.1) is 0 Å². The van der Waals surface area contributed by atoms with Gasteiger partial charge in [-0.05, 0) is 18.9 Å². The summed E-state index contributed by atoms with van der Waals surface area (Å²) in [5.74, 6) is 0.119. The largest absolute Gasteiger partial charge is 0.377 e. The summed E-state index contributed by atoms with van der Waals surface area (Å²) in [7, 11) is 0. The average Bonchev–Trinajstić information content (AvgIpc) is 2.64. The van der Waals surface area contributed by atoms with Gasteiger partial charge < -0.3 is 15.4 Å². The van der Waals surface area contributed by atoms with Gasteiger partial charge in [0.15, 0.2) is 0 Å². The van der Waals surface area contributed by atoms with Crippen LogP contribution in [0.3, 0.4) is 0 Å². The van der Waals surface area contributed by atoms with Crippen LogP contribution >= 0.6 is 0 Å². The van der Waals surface area contributed by atoms with Crippen molar-refractivity contribution in [3.8, 4) is 0 Å². The van der Waals surface area contributed by atoms with Crippen LogP contribution in [-0.2, 0) is 9.53 Å². The third-order valence-electron chi connectivity index (χ3n) is 3.43. The molecule has 1 aromatic rings. The smallest absolute Gasteiger partial charge is 0.224 e. The minimum atomic E-state index is -0.229. The molecule has 1 heterocycles. The summed E-state index contributed by atoms with van der Waals surface area (Å²) in [6.45, 7) is 4.17. The predicted octanol–water partition coefficient (Wildman–Crippen LogP) is 1.71. The summed E-state index contributed by atoms with van der Waals surface area (Å²) in [5.41, 5.74) is 7.11. The first-order valence-corrected chi connectivity index (χ1v) is 6.86. The van der Waals surface area contributed by atoms with E-state index >= 15 is 0 Å². The van der Waals surface area contributed by atoms with Gasteiger partial charge in [0.05, 0.1) is 6.10 Å². The van der Waals surface area contributed by atoms with Crippen molar-refractivity contribution in [2.45, 2.75) is 31.9 Å². The summed E-state index contributed by atoms with van der Waals surface area (Å²) < 4.78 is 5.55. The van der Waals surface area contributed by atoms with Crippen molar-refractivity contribution in [3.05, 3.63) is 35.9 Å². The fourth-order valence-electron chi connectivity index (χ4n) is 2.36. The van der Waals surface area contributed by atoms with Crippen LogP contribution < -0.4 is 5.73 Å². The predicted molar refractivity (Wildman–Crippen MR) is 74.6 cm³/mol. The lowest BCUT2D eigenvalue weighted by molar-refractivity contribution is -0.132. The number of rotatable bonds is 3. The molecule has 0 unspecified atom stereocenters. The lowest BCUT2D eigenvalue weighted by Crippen LogP contribution is -2.37. The van der Waals surface area contributed by atoms with Crippen LogP contribution in [0.15, 0.2) is 30.3 Å². The van der Waals surface area contributed by atoms with Gasteiger partial charge in [0.25, 0.3) is 0 Å². The highest BCUT2D eigenvalue weighted by molar-refractivity contribution is 5.77. The van der Waals surface area contributed by atoms with Crippen molar-refractivity contribution < 1.29 is 9.53 Å². The van der Waals surface area contributed by atoms with E-state index in [0.29, 0.717) is 13.0 Å². The first-order valence-electron chi connectivity index (χ1n) is 6.86. The molecule has 4 heteroatoms. The second-order valence-corrected chi connectivity index (χ2v) is 5.10. The van der Waals surface area contributed by atoms with Crippen molar-refractivity contribution in [1.29, 1.82) is 0 Å². The molecule has 0 aliphatic carbocycles. The summed E-state index contributed by atoms with van der Waals surface area (Å²) in [6, 6.07) is 9.54. The number of benzene rings is 1. The Kier molecular flexibility index (Phi) is 4.93. The number of amides is 1. The highest BCUT2D eigenvalue weighted by Crippen LogP contribution is 2.16. The first kappa shape index (κ1) is 14.0. The molecule has 0 radical (unpaired) electrons. The Morgan fingerprint density at radius 2 is 2.21 bits per heavy atom. The van der Waals surface area contributed by atoms with Crippen molar-refractivity contribution in [3.63, 3.8) is 0 Å². The molecule has 0 aromatic heterocycles. The van der Waals surface area contributed by atoms with Gasteiger partial charge in [-0.25, -0.2) is 0 Å². The molecule has 19 heavy (non-hydrogen) atoms. The fraction of sp³-hybridized carbons (Fsp3) is 0.533. The molecule has 0 saturated carbocycles. The van der Waals surface area contributed by atoms with E-state index in [1.165, 1.54) is 0 Å². The average molecular weight is 262 g/mol. The molecule has 2 N–H and O–H groups in total. The molecular weight excluding hydrogens is 240 g/mol. The normalized spacial score (nSPS) is 21.8. The van der Waals surface area contributed by atoms with E-state index in [2.05, 4.69) is 0 Å². The third kappa shape index (κ3) is 4.04. The Morgan fingerprint density at radius 3 is 2.95 bits per heavy atom. The van der Waals surface area contributed by atoms with Crippen molar-refractivity contribution in [2.24, 2.45) is 5.73 Å². The second kappa shape index (κ2) is 6.68. The van der Waals surface area contributed by atoms with Crippen molar-refractivity contribution in [1.82, 2.24) is 4.90 Å². The van der Waals surface area contributed by atoms with E-state index < -0.39 is 0 Å². The maximum absolute atomic E-state index is 12.3. The maximum atomic E-state index is 12.3. The number of carbonyl (C=O) groups excluding carboxylic acids is 1. The van der Waals surface area contributed by atoms with Crippen LogP contribution in [0.2, 0.25) is 0 Å². The van der Waals surface area contributed by atoms with Gasteiger partial charge in [-0.15, -0.1) is 0 Å². The zero-order chi connectivity index (χ0) is 13.7. The molecule has 0 spiro atoms. The highest BCUT2D eigenvalue weighted by Gasteiger charge is 2.21. The van der Waals surface area contributed by atoms with Crippen LogP contribution in [-0.4, -0.2) is 36.6 Å². The van der Waals surface area contributed by atoms with E-state index in [4.69, 9.17) is 10.5 Å². The van der Waals surface area contributed by atoms with Crippen molar-refractivity contribution in [2.75, 3.05) is 19.7 Å². The Balaban J connectivity index is 1.93. The lowest BCUT2D eigenvalue weighted by Gasteiger charge is -2.23. The first-order chi connectivity index (χ1) is 9.16. The van der Waals surface area contributed by atoms with Gasteiger partial charge in [-0.3, -0.25) is 4.79 Å². The van der Waals surface area contributed by atoms with Crippen LogP contribution in [0.1, 0.15) is 31.4 Å². The number of nitrogens with two attached hydrogens (primary N) is 1. The molecule has 2 atom stereocenters. The molecule has 1 fully saturated rings. The van der Waals surface area contributed by atoms with Gasteiger partial charge in [-0.1, -0.05) is 30.3 Å². The van der Waals surface area contributed by atoms with Crippen molar-refractivity contribution >= 4 is 5.91 Å². The quantitative estimate of drug-likeness (QED) is 0.902. The SMILES string of the molecule is C[C@@H]1CN(C(=O)C[C@@H](N)c2ccccc2)CCCO1. The summed E-state index contributed by atoms with van der Waals surface area (Å²) in [6.07, 6.45) is 1.37. The van der Waals surface area contributed by atoms with Gasteiger partial charge in [0, 0.05) is 32.2 Å². The number of hydrogen-bond donors (Lipinski definition) is 1. The van der Waals surface area contributed by atoms with E-state index in [1.54, 1.807) is 0 Å². The van der Waals surface area contributed by atoms with E-state index in [9.17, 15) is 4.79 Å². The van der Waals surface area contributed by atoms with Crippen LogP contribution in [0.5, 0.6) is 0 Å². The third-order valence-corrected chi connectivity index (χ3v) is 3.43. The molecule has 1 saturated heterocycles. The lowest BCUT2D eigenvalue weighted by atomic mass is 10.0. The molecule has 2 rings (SSSR count). The van der Waals surface area contributed by atoms with Crippen LogP contribution in [0.4, 0.5) is 0 Å². The topological polar surface area (TPSA) is 55.6 Å². The minimum Gasteiger partial charge on any atom is -0.377 e. The number of nitrogens with zero attached hydrogens (tertiary/aromatic N) is 1. The zero-order valence-corrected chi connectivity index (χ0v) is 11.4. The molecule has 1 aliphatic rings. The monoisotopic (exact) mass is 262 g/mol. The Morgan fingerprint density at radius 1 is 1.47 bits per heavy atom. The molecule has 104 valence electrons. The Hall–Kier alpha value is -1.39. The molecular formula is C15H22N2O2. The molecule has 1 aromatic carbocycles. The van der Waals surface area contributed by atoms with Gasteiger partial charge in [-0.2, -0.15) is 0 Å². The summed E-state index contributed by atoms with van der Waals surface area (Å²) in [5, 5.41) is 0. The number of ether oxygens (including phenoxy) is 1. The molecule has 1 aliphatic heterocycles. The molecule has 0 bridgehead atoms. The summed E-state index contributed by atoms with van der Waals surface area (Å²) in [4.78, 5) is 14.1. The summed E-state index contributed by atoms with van der Waals surface area (Å²) >= 11 is 0. The number of carbonyl (C=O) groups is 1. The maximum Gasteiger partial charge on any atom is 0.224 e. The van der Waals surface area contributed by atoms with E-state index in [1.807, 2.05) is 42.2 Å². The minimum absolute atomic E-state index is 0.111. The number of hydrogen-bond acceptors (Lipinski definition) is 3. The van der Waals surface area contributed by atoms with E-state index in [0.717, 1.165) is 25.1 Å². The fourth-order valence-corrected chi connectivity index (χ4v) is 2.36. The zero-order valence-electron chi connectivity index (χ0n) is 11.4. The van der Waals surface area contributed by atoms with Gasteiger partial charge in [0.2, 0.25) is 5.91 Å². The molecule has 4 nitrogen and oxygen atoms in total. The second-order valence-electron chi connectivity index (χ2n) is 5.10. The molecule has 1 amide bonds. The standard InChI is InChI=1S/C15H22N2O2/c1-12-11-17(8-5-9-19-12)15(18)10-14(16)13-6-3-2-4-7-13/h2-4,6-7,12,14H,5,8-11,16H2,1H3/t12-,14-/m1/s1. The van der Waals surface area contributed by atoms with E-state index in [-0.39, 0.29) is 18.1 Å². The van der Waals surface area contributed by atoms with Crippen LogP contribution in [0.25, 0.3) is 0 Å². The van der Waals surface area contributed by atoms with Gasteiger partial charge in [0.1, 0.15) is 0 Å². The Labute approximate surface area is 114 Å².